The van der Waals surface area contributed by atoms with E-state index in [0.29, 0.717) is 17.0 Å². The Morgan fingerprint density at radius 2 is 2.00 bits per heavy atom. The Hall–Kier alpha value is -1.34. The van der Waals surface area contributed by atoms with E-state index in [-0.39, 0.29) is 5.78 Å². The first-order valence-corrected chi connectivity index (χ1v) is 4.82. The average Bonchev–Trinajstić information content (AvgIpc) is 2.20. The van der Waals surface area contributed by atoms with E-state index in [1.165, 1.54) is 0 Å². The second-order valence-corrected chi connectivity index (χ2v) is 3.52. The Morgan fingerprint density at radius 3 is 2.71 bits per heavy atom. The van der Waals surface area contributed by atoms with E-state index in [9.17, 15) is 4.79 Å². The van der Waals surface area contributed by atoms with Crippen LogP contribution in [0.5, 0.6) is 0 Å². The van der Waals surface area contributed by atoms with Gasteiger partial charge in [0.15, 0.2) is 5.78 Å². The minimum absolute atomic E-state index is 0.126. The molecule has 0 bridgehead atoms. The predicted octanol–water partition coefficient (Wildman–Crippen LogP) is 3.25. The fourth-order valence-electron chi connectivity index (χ4n) is 1.46. The van der Waals surface area contributed by atoms with E-state index in [4.69, 9.17) is 11.6 Å². The SMILES string of the molecule is O=C1CC=CC=C1c1ccccc1Cl. The summed E-state index contributed by atoms with van der Waals surface area (Å²) < 4.78 is 0. The van der Waals surface area contributed by atoms with Crippen LogP contribution in [0.2, 0.25) is 5.02 Å². The van der Waals surface area contributed by atoms with Gasteiger partial charge in [0.2, 0.25) is 0 Å². The largest absolute Gasteiger partial charge is 0.294 e. The van der Waals surface area contributed by atoms with Crippen molar-refractivity contribution >= 4 is 23.0 Å². The second-order valence-electron chi connectivity index (χ2n) is 3.12. The molecule has 0 aliphatic heterocycles. The van der Waals surface area contributed by atoms with Gasteiger partial charge in [0.25, 0.3) is 0 Å². The molecule has 0 saturated carbocycles. The van der Waals surface area contributed by atoms with Crippen LogP contribution in [-0.2, 0) is 4.79 Å². The average molecular weight is 205 g/mol. The minimum atomic E-state index is 0.126. The van der Waals surface area contributed by atoms with Gasteiger partial charge in [-0.05, 0) is 6.07 Å². The van der Waals surface area contributed by atoms with Gasteiger partial charge in [-0.15, -0.1) is 0 Å². The van der Waals surface area contributed by atoms with Crippen LogP contribution in [0.25, 0.3) is 5.57 Å². The number of rotatable bonds is 1. The fraction of sp³-hybridized carbons (Fsp3) is 0.0833. The van der Waals surface area contributed by atoms with Crippen LogP contribution in [0.4, 0.5) is 0 Å². The molecule has 0 unspecified atom stereocenters. The summed E-state index contributed by atoms with van der Waals surface area (Å²) in [5.41, 5.74) is 1.53. The molecule has 70 valence electrons. The molecule has 0 heterocycles. The highest BCUT2D eigenvalue weighted by atomic mass is 35.5. The number of hydrogen-bond acceptors (Lipinski definition) is 1. The van der Waals surface area contributed by atoms with Crippen molar-refractivity contribution in [2.24, 2.45) is 0 Å². The third-order valence-electron chi connectivity index (χ3n) is 2.17. The zero-order chi connectivity index (χ0) is 9.97. The van der Waals surface area contributed by atoms with Crippen molar-refractivity contribution in [2.45, 2.75) is 6.42 Å². The van der Waals surface area contributed by atoms with Crippen LogP contribution in [0.15, 0.2) is 42.5 Å². The maximum atomic E-state index is 11.6. The van der Waals surface area contributed by atoms with Crippen LogP contribution >= 0.6 is 11.6 Å². The molecule has 0 saturated heterocycles. The van der Waals surface area contributed by atoms with Crippen molar-refractivity contribution < 1.29 is 4.79 Å². The number of carbonyl (C=O) groups excluding carboxylic acids is 1. The van der Waals surface area contributed by atoms with Gasteiger partial charge in [-0.2, -0.15) is 0 Å². The van der Waals surface area contributed by atoms with Crippen molar-refractivity contribution in [3.8, 4) is 0 Å². The zero-order valence-electron chi connectivity index (χ0n) is 7.53. The van der Waals surface area contributed by atoms with Gasteiger partial charge < -0.3 is 0 Å². The summed E-state index contributed by atoms with van der Waals surface area (Å²) in [6, 6.07) is 7.40. The van der Waals surface area contributed by atoms with Crippen LogP contribution in [0, 0.1) is 0 Å². The van der Waals surface area contributed by atoms with Crippen LogP contribution in [0.3, 0.4) is 0 Å². The lowest BCUT2D eigenvalue weighted by molar-refractivity contribution is -0.113. The molecular formula is C12H9ClO. The Morgan fingerprint density at radius 1 is 1.21 bits per heavy atom. The summed E-state index contributed by atoms with van der Waals surface area (Å²) in [5, 5.41) is 0.627. The zero-order valence-corrected chi connectivity index (χ0v) is 8.29. The Balaban J connectivity index is 2.49. The van der Waals surface area contributed by atoms with E-state index in [1.54, 1.807) is 6.07 Å². The highest BCUT2D eigenvalue weighted by Gasteiger charge is 2.14. The van der Waals surface area contributed by atoms with Crippen molar-refractivity contribution in [3.63, 3.8) is 0 Å². The van der Waals surface area contributed by atoms with E-state index < -0.39 is 0 Å². The Kier molecular flexibility index (Phi) is 2.51. The molecule has 1 aliphatic carbocycles. The normalized spacial score (nSPS) is 15.5. The van der Waals surface area contributed by atoms with Crippen molar-refractivity contribution in [1.29, 1.82) is 0 Å². The molecule has 1 aromatic carbocycles. The minimum Gasteiger partial charge on any atom is -0.294 e. The Bertz CT molecular complexity index is 430. The van der Waals surface area contributed by atoms with Gasteiger partial charge in [0, 0.05) is 22.6 Å². The predicted molar refractivity (Wildman–Crippen MR) is 58.2 cm³/mol. The first kappa shape index (κ1) is 9.22. The van der Waals surface area contributed by atoms with E-state index in [0.717, 1.165) is 5.56 Å². The summed E-state index contributed by atoms with van der Waals surface area (Å²) in [7, 11) is 0. The number of carbonyl (C=O) groups is 1. The quantitative estimate of drug-likeness (QED) is 0.686. The van der Waals surface area contributed by atoms with E-state index in [1.807, 2.05) is 36.4 Å². The number of hydrogen-bond donors (Lipinski definition) is 0. The van der Waals surface area contributed by atoms with Crippen molar-refractivity contribution in [3.05, 3.63) is 53.1 Å². The van der Waals surface area contributed by atoms with Gasteiger partial charge >= 0.3 is 0 Å². The van der Waals surface area contributed by atoms with Gasteiger partial charge in [0.05, 0.1) is 0 Å². The molecule has 2 rings (SSSR count). The summed E-state index contributed by atoms with van der Waals surface area (Å²) in [6.07, 6.45) is 6.02. The van der Waals surface area contributed by atoms with Gasteiger partial charge in [0.1, 0.15) is 0 Å². The maximum Gasteiger partial charge on any atom is 0.167 e. The molecular weight excluding hydrogens is 196 g/mol. The summed E-state index contributed by atoms with van der Waals surface area (Å²) in [4.78, 5) is 11.6. The number of Topliss-reactive ketones (excluding diaryl/α,β-unsaturated/α-hetero) is 1. The van der Waals surface area contributed by atoms with Crippen LogP contribution < -0.4 is 0 Å². The molecule has 0 amide bonds. The third kappa shape index (κ3) is 1.64. The van der Waals surface area contributed by atoms with Gasteiger partial charge in [-0.25, -0.2) is 0 Å². The highest BCUT2D eigenvalue weighted by molar-refractivity contribution is 6.35. The molecule has 0 fully saturated rings. The lowest BCUT2D eigenvalue weighted by atomic mass is 9.96. The molecule has 2 heteroatoms. The monoisotopic (exact) mass is 204 g/mol. The molecule has 0 radical (unpaired) electrons. The highest BCUT2D eigenvalue weighted by Crippen LogP contribution is 2.26. The first-order valence-electron chi connectivity index (χ1n) is 4.44. The van der Waals surface area contributed by atoms with Crippen LogP contribution in [-0.4, -0.2) is 5.78 Å². The molecule has 1 aromatic rings. The van der Waals surface area contributed by atoms with Gasteiger partial charge in [-0.1, -0.05) is 48.0 Å². The molecule has 14 heavy (non-hydrogen) atoms. The molecule has 0 N–H and O–H groups in total. The number of ketones is 1. The second kappa shape index (κ2) is 3.81. The number of allylic oxidation sites excluding steroid dienone is 4. The summed E-state index contributed by atoms with van der Waals surface area (Å²) in [6.45, 7) is 0. The van der Waals surface area contributed by atoms with Gasteiger partial charge in [-0.3, -0.25) is 4.79 Å². The smallest absolute Gasteiger partial charge is 0.167 e. The standard InChI is InChI=1S/C12H9ClO/c13-11-7-3-1-5-9(11)10-6-2-4-8-12(10)14/h1-7H,8H2. The summed E-state index contributed by atoms with van der Waals surface area (Å²) >= 11 is 6.01. The van der Waals surface area contributed by atoms with Crippen LogP contribution in [0.1, 0.15) is 12.0 Å². The molecule has 0 atom stereocenters. The molecule has 0 spiro atoms. The number of benzene rings is 1. The molecule has 1 nitrogen and oxygen atoms in total. The van der Waals surface area contributed by atoms with Crippen molar-refractivity contribution in [1.82, 2.24) is 0 Å². The topological polar surface area (TPSA) is 17.1 Å². The summed E-state index contributed by atoms with van der Waals surface area (Å²) in [5.74, 6) is 0.126. The number of halogens is 1. The fourth-order valence-corrected chi connectivity index (χ4v) is 1.70. The first-order chi connectivity index (χ1) is 6.79. The van der Waals surface area contributed by atoms with Crippen molar-refractivity contribution in [2.75, 3.05) is 0 Å². The lowest BCUT2D eigenvalue weighted by Gasteiger charge is -2.09. The Labute approximate surface area is 87.7 Å². The molecule has 0 aromatic heterocycles. The third-order valence-corrected chi connectivity index (χ3v) is 2.50. The van der Waals surface area contributed by atoms with E-state index >= 15 is 0 Å². The molecule has 1 aliphatic rings. The van der Waals surface area contributed by atoms with E-state index in [2.05, 4.69) is 0 Å². The lowest BCUT2D eigenvalue weighted by Crippen LogP contribution is -2.03. The maximum absolute atomic E-state index is 11.6.